The molecule has 1 fully saturated rings. The van der Waals surface area contributed by atoms with Gasteiger partial charge in [-0.3, -0.25) is 4.79 Å². The molecular weight excluding hydrogens is 244 g/mol. The van der Waals surface area contributed by atoms with E-state index in [1.165, 1.54) is 0 Å². The summed E-state index contributed by atoms with van der Waals surface area (Å²) in [6.45, 7) is 1.52. The molecule has 104 valence electrons. The standard InChI is InChI=1S/C14H20N2O3/c1-16-5-4-15-13(9-14(16)17)10-6-11(18-2)8-12(7-10)19-3/h6-8,13,15H,4-5,9H2,1-3H3. The van der Waals surface area contributed by atoms with Crippen LogP contribution in [0.25, 0.3) is 0 Å². The summed E-state index contributed by atoms with van der Waals surface area (Å²) in [7, 11) is 5.08. The van der Waals surface area contributed by atoms with E-state index in [0.717, 1.165) is 30.2 Å². The fourth-order valence-electron chi connectivity index (χ4n) is 2.20. The Morgan fingerprint density at radius 1 is 1.21 bits per heavy atom. The minimum atomic E-state index is 0.00134. The predicted molar refractivity (Wildman–Crippen MR) is 72.5 cm³/mol. The van der Waals surface area contributed by atoms with Gasteiger partial charge in [0.2, 0.25) is 5.91 Å². The number of carbonyl (C=O) groups excluding carboxylic acids is 1. The van der Waals surface area contributed by atoms with Crippen LogP contribution in [0.1, 0.15) is 18.0 Å². The Morgan fingerprint density at radius 3 is 2.42 bits per heavy atom. The number of methoxy groups -OCH3 is 2. The van der Waals surface area contributed by atoms with Crippen LogP contribution in [0.3, 0.4) is 0 Å². The molecule has 1 aliphatic rings. The number of ether oxygens (including phenoxy) is 2. The molecular formula is C14H20N2O3. The molecule has 0 spiro atoms. The number of nitrogens with zero attached hydrogens (tertiary/aromatic N) is 1. The Balaban J connectivity index is 2.27. The first-order chi connectivity index (χ1) is 9.13. The van der Waals surface area contributed by atoms with Crippen molar-refractivity contribution in [1.82, 2.24) is 10.2 Å². The number of hydrogen-bond acceptors (Lipinski definition) is 4. The van der Waals surface area contributed by atoms with Gasteiger partial charge in [-0.05, 0) is 17.7 Å². The maximum Gasteiger partial charge on any atom is 0.224 e. The van der Waals surface area contributed by atoms with Crippen molar-refractivity contribution >= 4 is 5.91 Å². The number of benzene rings is 1. The topological polar surface area (TPSA) is 50.8 Å². The van der Waals surface area contributed by atoms with Crippen molar-refractivity contribution in [3.05, 3.63) is 23.8 Å². The van der Waals surface area contributed by atoms with Crippen molar-refractivity contribution < 1.29 is 14.3 Å². The molecule has 1 unspecified atom stereocenters. The fourth-order valence-corrected chi connectivity index (χ4v) is 2.20. The number of likely N-dealkylation sites (N-methyl/N-ethyl adjacent to an activating group) is 1. The van der Waals surface area contributed by atoms with Crippen LogP contribution in [-0.2, 0) is 4.79 Å². The molecule has 1 heterocycles. The zero-order valence-corrected chi connectivity index (χ0v) is 11.6. The van der Waals surface area contributed by atoms with E-state index in [4.69, 9.17) is 9.47 Å². The van der Waals surface area contributed by atoms with Gasteiger partial charge in [0.15, 0.2) is 0 Å². The highest BCUT2D eigenvalue weighted by molar-refractivity contribution is 5.77. The first kappa shape index (κ1) is 13.7. The van der Waals surface area contributed by atoms with Gasteiger partial charge in [0.1, 0.15) is 11.5 Å². The molecule has 5 nitrogen and oxygen atoms in total. The summed E-state index contributed by atoms with van der Waals surface area (Å²) in [6, 6.07) is 5.72. The van der Waals surface area contributed by atoms with Crippen LogP contribution in [0.4, 0.5) is 0 Å². The molecule has 2 rings (SSSR count). The van der Waals surface area contributed by atoms with Crippen LogP contribution in [0.2, 0.25) is 0 Å². The highest BCUT2D eigenvalue weighted by Crippen LogP contribution is 2.28. The molecule has 1 atom stereocenters. The molecule has 0 radical (unpaired) electrons. The van der Waals surface area contributed by atoms with E-state index in [1.54, 1.807) is 19.1 Å². The number of hydrogen-bond donors (Lipinski definition) is 1. The maximum atomic E-state index is 11.9. The quantitative estimate of drug-likeness (QED) is 0.891. The van der Waals surface area contributed by atoms with Crippen LogP contribution in [0.15, 0.2) is 18.2 Å². The summed E-state index contributed by atoms with van der Waals surface area (Å²) in [5.41, 5.74) is 1.01. The van der Waals surface area contributed by atoms with Crippen molar-refractivity contribution in [2.75, 3.05) is 34.4 Å². The van der Waals surface area contributed by atoms with Gasteiger partial charge >= 0.3 is 0 Å². The van der Waals surface area contributed by atoms with E-state index in [0.29, 0.717) is 6.42 Å². The second kappa shape index (κ2) is 5.93. The van der Waals surface area contributed by atoms with Crippen molar-refractivity contribution in [3.8, 4) is 11.5 Å². The summed E-state index contributed by atoms with van der Waals surface area (Å²) in [4.78, 5) is 13.7. The summed E-state index contributed by atoms with van der Waals surface area (Å²) in [5, 5.41) is 3.39. The lowest BCUT2D eigenvalue weighted by Crippen LogP contribution is -2.27. The van der Waals surface area contributed by atoms with Crippen molar-refractivity contribution in [1.29, 1.82) is 0 Å². The average Bonchev–Trinajstić information content (AvgIpc) is 2.60. The second-order valence-electron chi connectivity index (χ2n) is 4.67. The third kappa shape index (κ3) is 3.17. The molecule has 1 aromatic carbocycles. The smallest absolute Gasteiger partial charge is 0.224 e. The maximum absolute atomic E-state index is 11.9. The molecule has 1 amide bonds. The lowest BCUT2D eigenvalue weighted by molar-refractivity contribution is -0.129. The first-order valence-electron chi connectivity index (χ1n) is 6.34. The van der Waals surface area contributed by atoms with Crippen LogP contribution in [-0.4, -0.2) is 45.2 Å². The van der Waals surface area contributed by atoms with Gasteiger partial charge in [-0.25, -0.2) is 0 Å². The Kier molecular flexibility index (Phi) is 4.27. The van der Waals surface area contributed by atoms with Gasteiger partial charge in [0.25, 0.3) is 0 Å². The van der Waals surface area contributed by atoms with Crippen LogP contribution in [0.5, 0.6) is 11.5 Å². The minimum absolute atomic E-state index is 0.00134. The molecule has 19 heavy (non-hydrogen) atoms. The van der Waals surface area contributed by atoms with E-state index in [1.807, 2.05) is 25.2 Å². The van der Waals surface area contributed by atoms with Crippen LogP contribution in [0, 0.1) is 0 Å². The van der Waals surface area contributed by atoms with Crippen molar-refractivity contribution in [3.63, 3.8) is 0 Å². The van der Waals surface area contributed by atoms with Crippen molar-refractivity contribution in [2.45, 2.75) is 12.5 Å². The molecule has 0 aliphatic carbocycles. The first-order valence-corrected chi connectivity index (χ1v) is 6.34. The summed E-state index contributed by atoms with van der Waals surface area (Å²) >= 11 is 0. The Bertz CT molecular complexity index is 440. The number of amides is 1. The molecule has 0 saturated carbocycles. The van der Waals surface area contributed by atoms with Gasteiger partial charge < -0.3 is 19.7 Å². The number of carbonyl (C=O) groups is 1. The van der Waals surface area contributed by atoms with E-state index in [2.05, 4.69) is 5.32 Å². The number of rotatable bonds is 3. The predicted octanol–water partition coefficient (Wildman–Crippen LogP) is 1.20. The molecule has 1 aliphatic heterocycles. The lowest BCUT2D eigenvalue weighted by Gasteiger charge is -2.17. The Hall–Kier alpha value is -1.75. The van der Waals surface area contributed by atoms with Crippen LogP contribution >= 0.6 is 0 Å². The van der Waals surface area contributed by atoms with E-state index in [9.17, 15) is 4.79 Å². The molecule has 0 aromatic heterocycles. The number of nitrogens with one attached hydrogen (secondary N) is 1. The SMILES string of the molecule is COc1cc(OC)cc(C2CC(=O)N(C)CCN2)c1. The second-order valence-corrected chi connectivity index (χ2v) is 4.67. The van der Waals surface area contributed by atoms with Gasteiger partial charge in [0.05, 0.1) is 14.2 Å². The highest BCUT2D eigenvalue weighted by Gasteiger charge is 2.22. The molecule has 1 saturated heterocycles. The summed E-state index contributed by atoms with van der Waals surface area (Å²) < 4.78 is 10.5. The van der Waals surface area contributed by atoms with Crippen molar-refractivity contribution in [2.24, 2.45) is 0 Å². The van der Waals surface area contributed by atoms with Gasteiger partial charge in [-0.1, -0.05) is 0 Å². The van der Waals surface area contributed by atoms with Crippen LogP contribution < -0.4 is 14.8 Å². The fraction of sp³-hybridized carbons (Fsp3) is 0.500. The average molecular weight is 264 g/mol. The van der Waals surface area contributed by atoms with E-state index in [-0.39, 0.29) is 11.9 Å². The molecule has 1 aromatic rings. The summed E-state index contributed by atoms with van der Waals surface area (Å²) in [5.74, 6) is 1.62. The molecule has 0 bridgehead atoms. The lowest BCUT2D eigenvalue weighted by atomic mass is 10.0. The third-order valence-corrected chi connectivity index (χ3v) is 3.42. The van der Waals surface area contributed by atoms with E-state index < -0.39 is 0 Å². The van der Waals surface area contributed by atoms with Gasteiger partial charge in [0, 0.05) is 38.7 Å². The largest absolute Gasteiger partial charge is 0.497 e. The molecule has 1 N–H and O–H groups in total. The monoisotopic (exact) mass is 264 g/mol. The third-order valence-electron chi connectivity index (χ3n) is 3.42. The Morgan fingerprint density at radius 2 is 1.84 bits per heavy atom. The normalized spacial score (nSPS) is 20.1. The summed E-state index contributed by atoms with van der Waals surface area (Å²) in [6.07, 6.45) is 0.451. The highest BCUT2D eigenvalue weighted by atomic mass is 16.5. The van der Waals surface area contributed by atoms with E-state index >= 15 is 0 Å². The zero-order valence-electron chi connectivity index (χ0n) is 11.6. The van der Waals surface area contributed by atoms with Gasteiger partial charge in [-0.2, -0.15) is 0 Å². The Labute approximate surface area is 113 Å². The molecule has 5 heteroatoms. The minimum Gasteiger partial charge on any atom is -0.497 e. The zero-order chi connectivity index (χ0) is 13.8. The van der Waals surface area contributed by atoms with Gasteiger partial charge in [-0.15, -0.1) is 0 Å².